The molecule has 0 heterocycles. The lowest BCUT2D eigenvalue weighted by Crippen LogP contribution is -2.46. The van der Waals surface area contributed by atoms with Crippen molar-refractivity contribution in [3.8, 4) is 0 Å². The average molecular weight is 286 g/mol. The van der Waals surface area contributed by atoms with Gasteiger partial charge in [0.15, 0.2) is 0 Å². The summed E-state index contributed by atoms with van der Waals surface area (Å²) in [6, 6.07) is -0.366. The Balaban J connectivity index is 2.57. The summed E-state index contributed by atoms with van der Waals surface area (Å²) in [5.74, 6) is -1.46. The first-order valence-corrected chi connectivity index (χ1v) is 6.64. The summed E-state index contributed by atoms with van der Waals surface area (Å²) in [5, 5.41) is 8.87. The standard InChI is InChI=1S/C13H22N2O5/c1-9(12(18)20-3)6-14(2)13(19)15(8-11(16)17)7-10-4-5-10/h9-10H,4-8H2,1-3H3,(H,16,17). The van der Waals surface area contributed by atoms with Crippen LogP contribution < -0.4 is 0 Å². The highest BCUT2D eigenvalue weighted by molar-refractivity contribution is 5.80. The maximum absolute atomic E-state index is 12.2. The van der Waals surface area contributed by atoms with Crippen molar-refractivity contribution in [3.63, 3.8) is 0 Å². The molecule has 1 atom stereocenters. The maximum Gasteiger partial charge on any atom is 0.323 e. The van der Waals surface area contributed by atoms with Crippen LogP contribution in [0.2, 0.25) is 0 Å². The third kappa shape index (κ3) is 5.07. The van der Waals surface area contributed by atoms with Gasteiger partial charge in [-0.25, -0.2) is 4.79 Å². The molecule has 1 saturated carbocycles. The number of urea groups is 1. The number of hydrogen-bond donors (Lipinski definition) is 1. The lowest BCUT2D eigenvalue weighted by molar-refractivity contribution is -0.145. The highest BCUT2D eigenvalue weighted by Gasteiger charge is 2.30. The van der Waals surface area contributed by atoms with Crippen LogP contribution in [0.3, 0.4) is 0 Å². The number of nitrogens with zero attached hydrogens (tertiary/aromatic N) is 2. The van der Waals surface area contributed by atoms with Crippen LogP contribution in [0.1, 0.15) is 19.8 Å². The molecule has 1 aliphatic carbocycles. The molecular weight excluding hydrogens is 264 g/mol. The summed E-state index contributed by atoms with van der Waals surface area (Å²) in [6.07, 6.45) is 2.07. The summed E-state index contributed by atoms with van der Waals surface area (Å²) in [5.41, 5.74) is 0. The first-order valence-electron chi connectivity index (χ1n) is 6.64. The van der Waals surface area contributed by atoms with E-state index in [0.29, 0.717) is 12.5 Å². The largest absolute Gasteiger partial charge is 0.480 e. The number of ether oxygens (including phenoxy) is 1. The minimum Gasteiger partial charge on any atom is -0.480 e. The van der Waals surface area contributed by atoms with Crippen molar-refractivity contribution in [2.75, 3.05) is 33.8 Å². The van der Waals surface area contributed by atoms with Gasteiger partial charge in [-0.15, -0.1) is 0 Å². The van der Waals surface area contributed by atoms with Crippen molar-refractivity contribution >= 4 is 18.0 Å². The van der Waals surface area contributed by atoms with Crippen molar-refractivity contribution in [1.82, 2.24) is 9.80 Å². The monoisotopic (exact) mass is 286 g/mol. The van der Waals surface area contributed by atoms with Crippen LogP contribution in [0.4, 0.5) is 4.79 Å². The Morgan fingerprint density at radius 1 is 1.35 bits per heavy atom. The minimum atomic E-state index is -1.03. The predicted molar refractivity (Wildman–Crippen MR) is 71.1 cm³/mol. The molecule has 0 spiro atoms. The molecule has 1 unspecified atom stereocenters. The summed E-state index contributed by atoms with van der Waals surface area (Å²) < 4.78 is 4.61. The molecule has 2 amide bonds. The van der Waals surface area contributed by atoms with Crippen LogP contribution in [0.25, 0.3) is 0 Å². The molecule has 1 aliphatic rings. The average Bonchev–Trinajstić information content (AvgIpc) is 3.19. The van der Waals surface area contributed by atoms with Crippen molar-refractivity contribution in [1.29, 1.82) is 0 Å². The molecule has 0 aliphatic heterocycles. The fraction of sp³-hybridized carbons (Fsp3) is 0.769. The van der Waals surface area contributed by atoms with Crippen LogP contribution >= 0.6 is 0 Å². The number of hydrogen-bond acceptors (Lipinski definition) is 4. The maximum atomic E-state index is 12.2. The molecule has 1 N–H and O–H groups in total. The normalized spacial score (nSPS) is 15.3. The van der Waals surface area contributed by atoms with Gasteiger partial charge in [-0.05, 0) is 18.8 Å². The van der Waals surface area contributed by atoms with Gasteiger partial charge in [0.1, 0.15) is 6.54 Å². The molecule has 1 rings (SSSR count). The van der Waals surface area contributed by atoms with Gasteiger partial charge in [-0.3, -0.25) is 9.59 Å². The Labute approximate surface area is 118 Å². The highest BCUT2D eigenvalue weighted by atomic mass is 16.5. The van der Waals surface area contributed by atoms with Gasteiger partial charge in [0.2, 0.25) is 0 Å². The van der Waals surface area contributed by atoms with Gasteiger partial charge in [0.05, 0.1) is 13.0 Å². The number of rotatable bonds is 7. The van der Waals surface area contributed by atoms with Crippen LogP contribution in [-0.4, -0.2) is 66.7 Å². The summed E-state index contributed by atoms with van der Waals surface area (Å²) in [6.45, 7) is 2.01. The SMILES string of the molecule is COC(=O)C(C)CN(C)C(=O)N(CC(=O)O)CC1CC1. The third-order valence-corrected chi connectivity index (χ3v) is 3.25. The molecule has 0 saturated heterocycles. The van der Waals surface area contributed by atoms with Crippen molar-refractivity contribution < 1.29 is 24.2 Å². The van der Waals surface area contributed by atoms with Gasteiger partial charge in [0, 0.05) is 20.1 Å². The van der Waals surface area contributed by atoms with E-state index >= 15 is 0 Å². The highest BCUT2D eigenvalue weighted by Crippen LogP contribution is 2.29. The van der Waals surface area contributed by atoms with Gasteiger partial charge >= 0.3 is 18.0 Å². The van der Waals surface area contributed by atoms with Crippen LogP contribution in [0.15, 0.2) is 0 Å². The summed E-state index contributed by atoms with van der Waals surface area (Å²) in [4.78, 5) is 37.1. The number of carboxylic acids is 1. The molecular formula is C13H22N2O5. The molecule has 0 aromatic heterocycles. The topological polar surface area (TPSA) is 87.2 Å². The molecule has 7 heteroatoms. The Morgan fingerprint density at radius 2 is 1.95 bits per heavy atom. The number of carbonyl (C=O) groups excluding carboxylic acids is 2. The van der Waals surface area contributed by atoms with Gasteiger partial charge in [-0.2, -0.15) is 0 Å². The van der Waals surface area contributed by atoms with E-state index in [0.717, 1.165) is 12.8 Å². The van der Waals surface area contributed by atoms with Crippen molar-refractivity contribution in [3.05, 3.63) is 0 Å². The van der Waals surface area contributed by atoms with Crippen molar-refractivity contribution in [2.45, 2.75) is 19.8 Å². The van der Waals surface area contributed by atoms with E-state index in [4.69, 9.17) is 5.11 Å². The molecule has 0 aromatic rings. The quantitative estimate of drug-likeness (QED) is 0.694. The number of methoxy groups -OCH3 is 1. The van der Waals surface area contributed by atoms with E-state index in [1.165, 1.54) is 16.9 Å². The Morgan fingerprint density at radius 3 is 2.40 bits per heavy atom. The zero-order chi connectivity index (χ0) is 15.3. The zero-order valence-electron chi connectivity index (χ0n) is 12.2. The molecule has 0 radical (unpaired) electrons. The predicted octanol–water partition coefficient (Wildman–Crippen LogP) is 0.644. The van der Waals surface area contributed by atoms with Crippen LogP contribution in [0.5, 0.6) is 0 Å². The Hall–Kier alpha value is -1.79. The van der Waals surface area contributed by atoms with Gasteiger partial charge in [0.25, 0.3) is 0 Å². The van der Waals surface area contributed by atoms with E-state index in [1.807, 2.05) is 0 Å². The second-order valence-electron chi connectivity index (χ2n) is 5.30. The fourth-order valence-corrected chi connectivity index (χ4v) is 1.99. The summed E-state index contributed by atoms with van der Waals surface area (Å²) in [7, 11) is 2.86. The first-order chi connectivity index (χ1) is 9.35. The minimum absolute atomic E-state index is 0.201. The number of carboxylic acid groups (broad SMARTS) is 1. The van der Waals surface area contributed by atoms with E-state index < -0.39 is 17.9 Å². The molecule has 20 heavy (non-hydrogen) atoms. The number of amides is 2. The molecule has 0 bridgehead atoms. The molecule has 7 nitrogen and oxygen atoms in total. The number of carbonyl (C=O) groups is 3. The lowest BCUT2D eigenvalue weighted by Gasteiger charge is -2.28. The van der Waals surface area contributed by atoms with Crippen LogP contribution in [0, 0.1) is 11.8 Å². The molecule has 1 fully saturated rings. The molecule has 114 valence electrons. The Kier molecular flexibility index (Phi) is 5.79. The number of aliphatic carboxylic acids is 1. The number of esters is 1. The summed E-state index contributed by atoms with van der Waals surface area (Å²) >= 11 is 0. The Bertz CT molecular complexity index is 381. The van der Waals surface area contributed by atoms with Gasteiger partial charge < -0.3 is 19.6 Å². The first kappa shape index (κ1) is 16.3. The van der Waals surface area contributed by atoms with E-state index in [1.54, 1.807) is 14.0 Å². The zero-order valence-corrected chi connectivity index (χ0v) is 12.2. The second kappa shape index (κ2) is 7.12. The van der Waals surface area contributed by atoms with E-state index in [-0.39, 0.29) is 19.1 Å². The van der Waals surface area contributed by atoms with Gasteiger partial charge in [-0.1, -0.05) is 6.92 Å². The molecule has 0 aromatic carbocycles. The third-order valence-electron chi connectivity index (χ3n) is 3.25. The van der Waals surface area contributed by atoms with E-state index in [9.17, 15) is 14.4 Å². The smallest absolute Gasteiger partial charge is 0.323 e. The van der Waals surface area contributed by atoms with Crippen LogP contribution in [-0.2, 0) is 14.3 Å². The van der Waals surface area contributed by atoms with Crippen molar-refractivity contribution in [2.24, 2.45) is 11.8 Å². The lowest BCUT2D eigenvalue weighted by atomic mass is 10.2. The van der Waals surface area contributed by atoms with E-state index in [2.05, 4.69) is 4.74 Å². The second-order valence-corrected chi connectivity index (χ2v) is 5.30. The fourth-order valence-electron chi connectivity index (χ4n) is 1.99.